The lowest BCUT2D eigenvalue weighted by Crippen LogP contribution is -2.46. The predicted octanol–water partition coefficient (Wildman–Crippen LogP) is 0.164. The zero-order valence-electron chi connectivity index (χ0n) is 10.3. The Labute approximate surface area is 103 Å². The van der Waals surface area contributed by atoms with E-state index in [1.807, 2.05) is 0 Å². The minimum absolute atomic E-state index is 0.255. The van der Waals surface area contributed by atoms with Gasteiger partial charge in [0.2, 0.25) is 10.0 Å². The summed E-state index contributed by atoms with van der Waals surface area (Å²) in [5, 5.41) is -0.255. The smallest absolute Gasteiger partial charge is 0.216 e. The van der Waals surface area contributed by atoms with E-state index < -0.39 is 10.0 Å². The van der Waals surface area contributed by atoms with Crippen molar-refractivity contribution in [1.29, 1.82) is 0 Å². The van der Waals surface area contributed by atoms with Gasteiger partial charge in [0.1, 0.15) is 0 Å². The van der Waals surface area contributed by atoms with Crippen molar-refractivity contribution in [3.63, 3.8) is 0 Å². The third-order valence-corrected chi connectivity index (χ3v) is 6.14. The van der Waals surface area contributed by atoms with Gasteiger partial charge in [0.15, 0.2) is 0 Å². The van der Waals surface area contributed by atoms with E-state index in [2.05, 4.69) is 0 Å². The minimum atomic E-state index is -3.14. The fourth-order valence-electron chi connectivity index (χ4n) is 2.63. The van der Waals surface area contributed by atoms with E-state index in [1.165, 1.54) is 4.31 Å². The van der Waals surface area contributed by atoms with E-state index in [0.29, 0.717) is 38.5 Å². The van der Waals surface area contributed by atoms with Crippen LogP contribution < -0.4 is 5.73 Å². The molecule has 0 unspecified atom stereocenters. The SMILES string of the molecule is CN(CC1CC(N)C1)S(=O)(=O)C1CCOCC1. The monoisotopic (exact) mass is 262 g/mol. The highest BCUT2D eigenvalue weighted by Gasteiger charge is 2.34. The summed E-state index contributed by atoms with van der Waals surface area (Å²) in [6.45, 7) is 1.74. The van der Waals surface area contributed by atoms with Crippen molar-refractivity contribution in [2.75, 3.05) is 26.8 Å². The third kappa shape index (κ3) is 2.99. The molecule has 0 aromatic heterocycles. The van der Waals surface area contributed by atoms with E-state index >= 15 is 0 Å². The Morgan fingerprint density at radius 1 is 1.29 bits per heavy atom. The van der Waals surface area contributed by atoms with Crippen LogP contribution in [0, 0.1) is 5.92 Å². The molecule has 2 fully saturated rings. The van der Waals surface area contributed by atoms with Crippen LogP contribution in [0.15, 0.2) is 0 Å². The number of hydrogen-bond acceptors (Lipinski definition) is 4. The topological polar surface area (TPSA) is 72.6 Å². The first-order valence-corrected chi connectivity index (χ1v) is 7.79. The standard InChI is InChI=1S/C11H22N2O3S/c1-13(8-9-6-10(12)7-9)17(14,15)11-2-4-16-5-3-11/h9-11H,2-8,12H2,1H3. The number of hydrogen-bond donors (Lipinski definition) is 1. The molecule has 0 aromatic carbocycles. The van der Waals surface area contributed by atoms with Crippen molar-refractivity contribution < 1.29 is 13.2 Å². The van der Waals surface area contributed by atoms with Gasteiger partial charge in [-0.15, -0.1) is 0 Å². The van der Waals surface area contributed by atoms with Crippen LogP contribution in [0.2, 0.25) is 0 Å². The van der Waals surface area contributed by atoms with Crippen molar-refractivity contribution >= 4 is 10.0 Å². The van der Waals surface area contributed by atoms with Gasteiger partial charge in [-0.3, -0.25) is 0 Å². The molecular weight excluding hydrogens is 240 g/mol. The molecule has 5 nitrogen and oxygen atoms in total. The van der Waals surface area contributed by atoms with Gasteiger partial charge >= 0.3 is 0 Å². The van der Waals surface area contributed by atoms with E-state index in [9.17, 15) is 8.42 Å². The molecule has 17 heavy (non-hydrogen) atoms. The van der Waals surface area contributed by atoms with Gasteiger partial charge in [0, 0.05) is 32.8 Å². The van der Waals surface area contributed by atoms with Crippen LogP contribution in [0.3, 0.4) is 0 Å². The Morgan fingerprint density at radius 3 is 2.41 bits per heavy atom. The first kappa shape index (κ1) is 13.3. The summed E-state index contributed by atoms with van der Waals surface area (Å²) in [5.41, 5.74) is 5.71. The summed E-state index contributed by atoms with van der Waals surface area (Å²) in [5.74, 6) is 0.449. The van der Waals surface area contributed by atoms with Gasteiger partial charge in [-0.25, -0.2) is 12.7 Å². The van der Waals surface area contributed by atoms with Gasteiger partial charge in [0.05, 0.1) is 5.25 Å². The van der Waals surface area contributed by atoms with E-state index in [4.69, 9.17) is 10.5 Å². The molecule has 1 aliphatic heterocycles. The van der Waals surface area contributed by atoms with Crippen molar-refractivity contribution in [1.82, 2.24) is 4.31 Å². The molecule has 2 rings (SSSR count). The third-order valence-electron chi connectivity index (χ3n) is 3.81. The maximum atomic E-state index is 12.3. The van der Waals surface area contributed by atoms with Crippen molar-refractivity contribution in [2.45, 2.75) is 37.0 Å². The zero-order valence-corrected chi connectivity index (χ0v) is 11.2. The van der Waals surface area contributed by atoms with Gasteiger partial charge in [-0.1, -0.05) is 0 Å². The molecule has 100 valence electrons. The lowest BCUT2D eigenvalue weighted by atomic mass is 9.81. The largest absolute Gasteiger partial charge is 0.381 e. The molecule has 1 saturated heterocycles. The van der Waals surface area contributed by atoms with Gasteiger partial charge in [0.25, 0.3) is 0 Å². The molecule has 0 spiro atoms. The molecule has 1 heterocycles. The van der Waals surface area contributed by atoms with Crippen LogP contribution in [0.1, 0.15) is 25.7 Å². The molecule has 0 radical (unpaired) electrons. The molecule has 0 aromatic rings. The van der Waals surface area contributed by atoms with E-state index in [0.717, 1.165) is 12.8 Å². The molecular formula is C11H22N2O3S. The van der Waals surface area contributed by atoms with Crippen LogP contribution in [0.4, 0.5) is 0 Å². The Kier molecular flexibility index (Phi) is 4.07. The average Bonchev–Trinajstić information content (AvgIpc) is 2.28. The van der Waals surface area contributed by atoms with Crippen LogP contribution in [0.25, 0.3) is 0 Å². The summed E-state index contributed by atoms with van der Waals surface area (Å²) < 4.78 is 31.3. The quantitative estimate of drug-likeness (QED) is 0.783. The van der Waals surface area contributed by atoms with Crippen LogP contribution >= 0.6 is 0 Å². The molecule has 0 atom stereocenters. The average molecular weight is 262 g/mol. The molecule has 0 amide bonds. The van der Waals surface area contributed by atoms with Crippen molar-refractivity contribution in [3.8, 4) is 0 Å². The molecule has 1 saturated carbocycles. The normalized spacial score (nSPS) is 31.5. The number of nitrogens with zero attached hydrogens (tertiary/aromatic N) is 1. The Hall–Kier alpha value is -0.170. The van der Waals surface area contributed by atoms with Gasteiger partial charge in [-0.2, -0.15) is 0 Å². The first-order valence-electron chi connectivity index (χ1n) is 6.28. The highest BCUT2D eigenvalue weighted by Crippen LogP contribution is 2.28. The highest BCUT2D eigenvalue weighted by atomic mass is 32.2. The fourth-order valence-corrected chi connectivity index (χ4v) is 4.35. The Bertz CT molecular complexity index is 346. The lowest BCUT2D eigenvalue weighted by molar-refractivity contribution is 0.0970. The maximum Gasteiger partial charge on any atom is 0.216 e. The van der Waals surface area contributed by atoms with Crippen molar-refractivity contribution in [3.05, 3.63) is 0 Å². The van der Waals surface area contributed by atoms with Crippen LogP contribution in [0.5, 0.6) is 0 Å². The summed E-state index contributed by atoms with van der Waals surface area (Å²) in [6.07, 6.45) is 3.15. The molecule has 0 bridgehead atoms. The maximum absolute atomic E-state index is 12.3. The van der Waals surface area contributed by atoms with Crippen molar-refractivity contribution in [2.24, 2.45) is 11.7 Å². The minimum Gasteiger partial charge on any atom is -0.381 e. The van der Waals surface area contributed by atoms with Gasteiger partial charge < -0.3 is 10.5 Å². The van der Waals surface area contributed by atoms with Gasteiger partial charge in [-0.05, 0) is 31.6 Å². The zero-order chi connectivity index (χ0) is 12.5. The van der Waals surface area contributed by atoms with E-state index in [1.54, 1.807) is 7.05 Å². The van der Waals surface area contributed by atoms with Crippen LogP contribution in [-0.4, -0.2) is 50.8 Å². The fraction of sp³-hybridized carbons (Fsp3) is 1.00. The predicted molar refractivity (Wildman–Crippen MR) is 66.1 cm³/mol. The second-order valence-corrected chi connectivity index (χ2v) is 7.55. The summed E-state index contributed by atoms with van der Waals surface area (Å²) in [6, 6.07) is 0.277. The molecule has 6 heteroatoms. The molecule has 2 N–H and O–H groups in total. The highest BCUT2D eigenvalue weighted by molar-refractivity contribution is 7.89. The molecule has 1 aliphatic carbocycles. The summed E-state index contributed by atoms with van der Waals surface area (Å²) in [4.78, 5) is 0. The number of sulfonamides is 1. The molecule has 2 aliphatic rings. The van der Waals surface area contributed by atoms with Crippen LogP contribution in [-0.2, 0) is 14.8 Å². The Balaban J connectivity index is 1.89. The second-order valence-electron chi connectivity index (χ2n) is 5.23. The summed E-state index contributed by atoms with van der Waals surface area (Å²) in [7, 11) is -1.45. The number of nitrogens with two attached hydrogens (primary N) is 1. The number of rotatable bonds is 4. The summed E-state index contributed by atoms with van der Waals surface area (Å²) >= 11 is 0. The van der Waals surface area contributed by atoms with E-state index in [-0.39, 0.29) is 11.3 Å². The first-order chi connectivity index (χ1) is 8.00. The number of ether oxygens (including phenoxy) is 1. The Morgan fingerprint density at radius 2 is 1.88 bits per heavy atom. The second kappa shape index (κ2) is 5.22. The lowest BCUT2D eigenvalue weighted by Gasteiger charge is -2.36.